The van der Waals surface area contributed by atoms with Gasteiger partial charge in [0.25, 0.3) is 0 Å². The van der Waals surface area contributed by atoms with Gasteiger partial charge >= 0.3 is 7.12 Å². The van der Waals surface area contributed by atoms with E-state index in [0.717, 1.165) is 5.75 Å². The van der Waals surface area contributed by atoms with Crippen LogP contribution in [-0.2, 0) is 18.8 Å². The maximum atomic E-state index is 12.6. The number of benzene rings is 1. The van der Waals surface area contributed by atoms with Gasteiger partial charge < -0.3 is 29.8 Å². The van der Waals surface area contributed by atoms with Crippen molar-refractivity contribution in [2.24, 2.45) is 5.73 Å². The lowest BCUT2D eigenvalue weighted by Crippen LogP contribution is -2.55. The van der Waals surface area contributed by atoms with Crippen LogP contribution in [0.4, 0.5) is 0 Å². The number of para-hydroxylation sites is 1. The van der Waals surface area contributed by atoms with Gasteiger partial charge in [0.1, 0.15) is 11.8 Å². The summed E-state index contributed by atoms with van der Waals surface area (Å²) in [6.45, 7) is 10.1. The molecule has 0 aliphatic carbocycles. The zero-order chi connectivity index (χ0) is 20.9. The molecule has 3 atom stereocenters. The van der Waals surface area contributed by atoms with Crippen LogP contribution in [0.15, 0.2) is 30.3 Å². The first-order valence-corrected chi connectivity index (χ1v) is 9.69. The monoisotopic (exact) mass is 428 g/mol. The van der Waals surface area contributed by atoms with Crippen molar-refractivity contribution in [1.82, 2.24) is 5.32 Å². The molecule has 0 bridgehead atoms. The topological polar surface area (TPSA) is 92.0 Å². The van der Waals surface area contributed by atoms with Crippen molar-refractivity contribution in [2.75, 3.05) is 13.7 Å². The molecule has 0 spiro atoms. The summed E-state index contributed by atoms with van der Waals surface area (Å²) in [5.41, 5.74) is 5.00. The number of nitrogens with two attached hydrogens (primary N) is 1. The van der Waals surface area contributed by atoms with E-state index in [1.54, 1.807) is 6.92 Å². The molecule has 0 radical (unpaired) electrons. The number of carbonyl (C=O) groups is 1. The lowest BCUT2D eigenvalue weighted by molar-refractivity contribution is -0.125. The average molecular weight is 429 g/mol. The second-order valence-electron chi connectivity index (χ2n) is 8.16. The maximum Gasteiger partial charge on any atom is 0.481 e. The highest BCUT2D eigenvalue weighted by Crippen LogP contribution is 2.37. The Morgan fingerprint density at radius 1 is 1.17 bits per heavy atom. The fraction of sp³-hybridized carbons (Fsp3) is 0.650. The molecule has 7 nitrogen and oxygen atoms in total. The van der Waals surface area contributed by atoms with E-state index in [2.05, 4.69) is 5.32 Å². The van der Waals surface area contributed by atoms with Gasteiger partial charge in [-0.05, 0) is 46.8 Å². The summed E-state index contributed by atoms with van der Waals surface area (Å²) in [4.78, 5) is 12.6. The zero-order valence-electron chi connectivity index (χ0n) is 18.1. The van der Waals surface area contributed by atoms with E-state index in [9.17, 15) is 4.79 Å². The summed E-state index contributed by atoms with van der Waals surface area (Å²) >= 11 is 0. The van der Waals surface area contributed by atoms with E-state index in [1.165, 1.54) is 7.11 Å². The molecule has 3 N–H and O–H groups in total. The molecule has 1 aromatic rings. The molecule has 0 unspecified atom stereocenters. The van der Waals surface area contributed by atoms with Crippen molar-refractivity contribution >= 4 is 25.4 Å². The Labute approximate surface area is 180 Å². The Kier molecular flexibility index (Phi) is 9.43. The van der Waals surface area contributed by atoms with Crippen LogP contribution in [0.2, 0.25) is 0 Å². The van der Waals surface area contributed by atoms with E-state index in [0.29, 0.717) is 13.0 Å². The Hall–Kier alpha value is -1.32. The predicted molar refractivity (Wildman–Crippen MR) is 116 cm³/mol. The van der Waals surface area contributed by atoms with E-state index < -0.39 is 36.4 Å². The van der Waals surface area contributed by atoms with Gasteiger partial charge in [-0.15, -0.1) is 12.4 Å². The molecule has 1 aliphatic rings. The number of halogens is 1. The number of carbonyl (C=O) groups excluding carboxylic acids is 1. The maximum absolute atomic E-state index is 12.6. The van der Waals surface area contributed by atoms with Gasteiger partial charge in [0.05, 0.1) is 29.9 Å². The fourth-order valence-corrected chi connectivity index (χ4v) is 2.79. The van der Waals surface area contributed by atoms with E-state index in [4.69, 9.17) is 24.5 Å². The minimum atomic E-state index is -0.787. The van der Waals surface area contributed by atoms with E-state index in [-0.39, 0.29) is 18.3 Å². The molecule has 1 aliphatic heterocycles. The number of nitrogens with one attached hydrogen (secondary N) is 1. The number of hydrogen-bond acceptors (Lipinski definition) is 6. The Balaban J connectivity index is 0.00000420. The third-order valence-corrected chi connectivity index (χ3v) is 5.55. The van der Waals surface area contributed by atoms with Crippen LogP contribution in [0, 0.1) is 0 Å². The molecule has 29 heavy (non-hydrogen) atoms. The molecule has 1 aromatic carbocycles. The molecule has 2 rings (SSSR count). The van der Waals surface area contributed by atoms with Gasteiger partial charge in [-0.3, -0.25) is 4.79 Å². The molecule has 164 valence electrons. The van der Waals surface area contributed by atoms with Gasteiger partial charge in [-0.2, -0.15) is 0 Å². The van der Waals surface area contributed by atoms with Gasteiger partial charge in [0.15, 0.2) is 0 Å². The smallest absolute Gasteiger partial charge is 0.481 e. The van der Waals surface area contributed by atoms with Crippen molar-refractivity contribution in [1.29, 1.82) is 0 Å². The lowest BCUT2D eigenvalue weighted by atomic mass is 9.76. The highest BCUT2D eigenvalue weighted by atomic mass is 35.5. The van der Waals surface area contributed by atoms with E-state index in [1.807, 2.05) is 58.0 Å². The summed E-state index contributed by atoms with van der Waals surface area (Å²) in [6, 6.07) is 8.74. The first-order chi connectivity index (χ1) is 13.1. The van der Waals surface area contributed by atoms with Crippen LogP contribution in [0.5, 0.6) is 5.75 Å². The summed E-state index contributed by atoms with van der Waals surface area (Å²) in [5.74, 6) is 0.0485. The molecule has 0 aromatic heterocycles. The Bertz CT molecular complexity index is 631. The molecule has 1 fully saturated rings. The summed E-state index contributed by atoms with van der Waals surface area (Å²) in [5, 5.41) is 2.96. The molecular weight excluding hydrogens is 394 g/mol. The number of methoxy groups -OCH3 is 1. The van der Waals surface area contributed by atoms with Crippen LogP contribution in [0.1, 0.15) is 41.0 Å². The standard InChI is InChI=1S/C20H33BN2O5.ClH/c1-14(25-6)17(22)18(24)23-16(12-13-26-15-10-8-7-9-11-15)21-27-19(2,3)20(4,5)28-21;/h7-11,14,16-17H,12-13,22H2,1-6H3,(H,23,24);1H/t14-,16-,17+;/m0./s1. The second-order valence-corrected chi connectivity index (χ2v) is 8.16. The Morgan fingerprint density at radius 2 is 1.72 bits per heavy atom. The molecule has 1 amide bonds. The quantitative estimate of drug-likeness (QED) is 0.587. The van der Waals surface area contributed by atoms with Gasteiger partial charge in [-0.25, -0.2) is 0 Å². The van der Waals surface area contributed by atoms with Crippen molar-refractivity contribution in [3.8, 4) is 5.75 Å². The predicted octanol–water partition coefficient (Wildman–Crippen LogP) is 2.36. The zero-order valence-corrected chi connectivity index (χ0v) is 19.0. The lowest BCUT2D eigenvalue weighted by Gasteiger charge is -2.32. The highest BCUT2D eigenvalue weighted by Gasteiger charge is 2.54. The van der Waals surface area contributed by atoms with Crippen LogP contribution >= 0.6 is 12.4 Å². The molecular formula is C20H34BClN2O5. The second kappa shape index (κ2) is 10.6. The minimum absolute atomic E-state index is 0. The summed E-state index contributed by atoms with van der Waals surface area (Å²) < 4.78 is 23.2. The van der Waals surface area contributed by atoms with Gasteiger partial charge in [-0.1, -0.05) is 18.2 Å². The highest BCUT2D eigenvalue weighted by molar-refractivity contribution is 6.48. The van der Waals surface area contributed by atoms with Crippen LogP contribution < -0.4 is 15.8 Å². The van der Waals surface area contributed by atoms with Crippen molar-refractivity contribution in [3.63, 3.8) is 0 Å². The van der Waals surface area contributed by atoms with Gasteiger partial charge in [0, 0.05) is 13.5 Å². The number of amides is 1. The van der Waals surface area contributed by atoms with E-state index >= 15 is 0 Å². The first-order valence-electron chi connectivity index (χ1n) is 9.69. The van der Waals surface area contributed by atoms with Crippen LogP contribution in [0.3, 0.4) is 0 Å². The number of ether oxygens (including phenoxy) is 2. The molecule has 1 saturated heterocycles. The number of hydrogen-bond donors (Lipinski definition) is 2. The average Bonchev–Trinajstić information content (AvgIpc) is 2.87. The fourth-order valence-electron chi connectivity index (χ4n) is 2.79. The SMILES string of the molecule is CO[C@@H](C)[C@@H](N)C(=O)N[C@@H](CCOc1ccccc1)B1OC(C)(C)C(C)(C)O1.Cl. The minimum Gasteiger partial charge on any atom is -0.494 e. The summed E-state index contributed by atoms with van der Waals surface area (Å²) in [7, 11) is 0.926. The van der Waals surface area contributed by atoms with Crippen molar-refractivity contribution in [2.45, 2.75) is 70.3 Å². The normalized spacial score (nSPS) is 20.3. The molecule has 0 saturated carbocycles. The van der Waals surface area contributed by atoms with Crippen molar-refractivity contribution < 1.29 is 23.6 Å². The van der Waals surface area contributed by atoms with Crippen molar-refractivity contribution in [3.05, 3.63) is 30.3 Å². The largest absolute Gasteiger partial charge is 0.494 e. The Morgan fingerprint density at radius 3 is 2.24 bits per heavy atom. The third-order valence-electron chi connectivity index (χ3n) is 5.55. The first kappa shape index (κ1) is 25.7. The molecule has 9 heteroatoms. The third kappa shape index (κ3) is 6.59. The van der Waals surface area contributed by atoms with Gasteiger partial charge in [0.2, 0.25) is 5.91 Å². The van der Waals surface area contributed by atoms with Crippen LogP contribution in [-0.4, -0.2) is 56.0 Å². The van der Waals surface area contributed by atoms with Crippen LogP contribution in [0.25, 0.3) is 0 Å². The molecule has 1 heterocycles. The summed E-state index contributed by atoms with van der Waals surface area (Å²) in [6.07, 6.45) is 0.102. The number of rotatable bonds is 9.